The maximum atomic E-state index is 13.5. The summed E-state index contributed by atoms with van der Waals surface area (Å²) in [5.41, 5.74) is 12.1. The molecule has 7 nitrogen and oxygen atoms in total. The van der Waals surface area contributed by atoms with E-state index in [1.165, 1.54) is 23.8 Å². The lowest BCUT2D eigenvalue weighted by Gasteiger charge is -2.32. The van der Waals surface area contributed by atoms with Crippen LogP contribution in [0, 0.1) is 20.8 Å². The van der Waals surface area contributed by atoms with Crippen LogP contribution in [0.2, 0.25) is 0 Å². The normalized spacial score (nSPS) is 16.9. The molecule has 172 valence electrons. The zero-order valence-electron chi connectivity index (χ0n) is 19.2. The lowest BCUT2D eigenvalue weighted by molar-refractivity contribution is -0.125. The Hall–Kier alpha value is -3.23. The fourth-order valence-electron chi connectivity index (χ4n) is 4.90. The van der Waals surface area contributed by atoms with Crippen LogP contribution in [0.15, 0.2) is 59.6 Å². The quantitative estimate of drug-likeness (QED) is 0.596. The number of carbonyl (C=O) groups is 1. The van der Waals surface area contributed by atoms with Crippen LogP contribution in [0.5, 0.6) is 0 Å². The van der Waals surface area contributed by atoms with Gasteiger partial charge in [-0.15, -0.1) is 0 Å². The van der Waals surface area contributed by atoms with E-state index in [0.717, 1.165) is 27.8 Å². The highest BCUT2D eigenvalue weighted by Gasteiger charge is 2.40. The first kappa shape index (κ1) is 22.9. The molecule has 0 saturated carbocycles. The minimum Gasteiger partial charge on any atom is -0.384 e. The molecule has 0 spiro atoms. The van der Waals surface area contributed by atoms with Crippen LogP contribution in [0.1, 0.15) is 52.4 Å². The lowest BCUT2D eigenvalue weighted by atomic mass is 9.93. The number of nitrogens with one attached hydrogen (secondary N) is 1. The number of hydrogen-bond acceptors (Lipinski definition) is 6. The average Bonchev–Trinajstić information content (AvgIpc) is 3.12. The summed E-state index contributed by atoms with van der Waals surface area (Å²) in [6, 6.07) is 15.3. The Kier molecular flexibility index (Phi) is 5.99. The van der Waals surface area contributed by atoms with Crippen LogP contribution in [0.3, 0.4) is 0 Å². The van der Waals surface area contributed by atoms with Crippen molar-refractivity contribution in [1.82, 2.24) is 14.6 Å². The summed E-state index contributed by atoms with van der Waals surface area (Å²) in [4.78, 5) is 19.4. The van der Waals surface area contributed by atoms with Crippen molar-refractivity contribution in [1.29, 1.82) is 0 Å². The van der Waals surface area contributed by atoms with Crippen LogP contribution >= 0.6 is 0 Å². The summed E-state index contributed by atoms with van der Waals surface area (Å²) in [6.45, 7) is 8.80. The van der Waals surface area contributed by atoms with Gasteiger partial charge in [-0.25, -0.2) is 9.71 Å². The van der Waals surface area contributed by atoms with E-state index in [9.17, 15) is 13.2 Å². The molecule has 2 atom stereocenters. The largest absolute Gasteiger partial charge is 0.384 e. The third-order valence-electron chi connectivity index (χ3n) is 6.19. The van der Waals surface area contributed by atoms with Crippen molar-refractivity contribution in [3.8, 4) is 0 Å². The van der Waals surface area contributed by atoms with Gasteiger partial charge in [0, 0.05) is 12.6 Å². The van der Waals surface area contributed by atoms with Gasteiger partial charge in [-0.05, 0) is 67.6 Å². The predicted octanol–water partition coefficient (Wildman–Crippen LogP) is 3.71. The van der Waals surface area contributed by atoms with Crippen molar-refractivity contribution in [2.24, 2.45) is 0 Å². The molecule has 0 aliphatic carbocycles. The van der Waals surface area contributed by atoms with Crippen LogP contribution < -0.4 is 10.5 Å². The number of nitrogens with zero attached hydrogens (tertiary/aromatic N) is 2. The van der Waals surface area contributed by atoms with Crippen LogP contribution in [0.25, 0.3) is 0 Å². The average molecular weight is 465 g/mol. The Balaban J connectivity index is 1.72. The maximum Gasteiger partial charge on any atom is 0.281 e. The summed E-state index contributed by atoms with van der Waals surface area (Å²) in [7, 11) is -4.18. The number of aromatic nitrogens is 1. The van der Waals surface area contributed by atoms with Crippen LogP contribution in [0.4, 0.5) is 5.82 Å². The molecule has 4 rings (SSSR count). The molecule has 2 aromatic carbocycles. The molecule has 33 heavy (non-hydrogen) atoms. The Labute approximate surface area is 194 Å². The number of benzene rings is 2. The molecule has 0 radical (unpaired) electrons. The minimum atomic E-state index is -4.18. The zero-order valence-corrected chi connectivity index (χ0v) is 20.0. The second kappa shape index (κ2) is 8.61. The third kappa shape index (κ3) is 4.36. The summed E-state index contributed by atoms with van der Waals surface area (Å²) in [5.74, 6) is -0.546. The molecule has 2 unspecified atom stereocenters. The molecule has 1 aromatic heterocycles. The first-order chi connectivity index (χ1) is 15.6. The number of pyridine rings is 1. The van der Waals surface area contributed by atoms with E-state index < -0.39 is 22.0 Å². The zero-order chi connectivity index (χ0) is 23.9. The molecule has 2 heterocycles. The number of fused-ring (bicyclic) bond motifs is 1. The SMILES string of the molecule is Cc1cc(C)c(C(C)N2Cc3ccccc3C2C(=O)NS(=O)(=O)c2cccc(N)n2)c(C)c1. The topological polar surface area (TPSA) is 105 Å². The van der Waals surface area contributed by atoms with Crippen molar-refractivity contribution in [2.45, 2.75) is 51.3 Å². The number of hydrogen-bond donors (Lipinski definition) is 2. The molecule has 0 saturated heterocycles. The Morgan fingerprint density at radius 3 is 2.42 bits per heavy atom. The number of aryl methyl sites for hydroxylation is 3. The summed E-state index contributed by atoms with van der Waals surface area (Å²) in [6.07, 6.45) is 0. The fourth-order valence-corrected chi connectivity index (χ4v) is 5.87. The van der Waals surface area contributed by atoms with Crippen LogP contribution in [-0.2, 0) is 21.4 Å². The van der Waals surface area contributed by atoms with E-state index >= 15 is 0 Å². The number of anilines is 1. The first-order valence-corrected chi connectivity index (χ1v) is 12.3. The minimum absolute atomic E-state index is 0.0668. The molecule has 3 N–H and O–H groups in total. The predicted molar refractivity (Wildman–Crippen MR) is 128 cm³/mol. The molecule has 0 bridgehead atoms. The second-order valence-corrected chi connectivity index (χ2v) is 10.3. The van der Waals surface area contributed by atoms with Gasteiger partial charge in [0.1, 0.15) is 11.9 Å². The van der Waals surface area contributed by atoms with E-state index in [1.54, 1.807) is 0 Å². The van der Waals surface area contributed by atoms with Gasteiger partial charge in [0.2, 0.25) is 0 Å². The van der Waals surface area contributed by atoms with Gasteiger partial charge in [0.25, 0.3) is 15.9 Å². The van der Waals surface area contributed by atoms with Gasteiger partial charge in [0.05, 0.1) is 0 Å². The lowest BCUT2D eigenvalue weighted by Crippen LogP contribution is -2.41. The summed E-state index contributed by atoms with van der Waals surface area (Å²) in [5, 5.41) is -0.285. The number of carbonyl (C=O) groups excluding carboxylic acids is 1. The smallest absolute Gasteiger partial charge is 0.281 e. The molecular formula is C25H28N4O3S. The summed E-state index contributed by atoms with van der Waals surface area (Å²) >= 11 is 0. The molecule has 3 aromatic rings. The number of sulfonamides is 1. The molecular weight excluding hydrogens is 436 g/mol. The molecule has 8 heteroatoms. The third-order valence-corrected chi connectivity index (χ3v) is 7.44. The van der Waals surface area contributed by atoms with Gasteiger partial charge in [-0.3, -0.25) is 9.69 Å². The van der Waals surface area contributed by atoms with E-state index in [-0.39, 0.29) is 16.9 Å². The van der Waals surface area contributed by atoms with Crippen LogP contribution in [-0.4, -0.2) is 24.2 Å². The van der Waals surface area contributed by atoms with Crippen molar-refractivity contribution >= 4 is 21.7 Å². The Morgan fingerprint density at radius 1 is 1.09 bits per heavy atom. The Morgan fingerprint density at radius 2 is 1.76 bits per heavy atom. The van der Waals surface area contributed by atoms with E-state index in [2.05, 4.69) is 49.5 Å². The number of nitrogen functional groups attached to an aromatic ring is 1. The van der Waals surface area contributed by atoms with Gasteiger partial charge in [-0.1, -0.05) is 48.0 Å². The van der Waals surface area contributed by atoms with Gasteiger partial charge in [0.15, 0.2) is 5.03 Å². The van der Waals surface area contributed by atoms with Crippen molar-refractivity contribution in [3.63, 3.8) is 0 Å². The molecule has 0 fully saturated rings. The number of amides is 1. The maximum absolute atomic E-state index is 13.5. The summed E-state index contributed by atoms with van der Waals surface area (Å²) < 4.78 is 28.0. The molecule has 1 amide bonds. The van der Waals surface area contributed by atoms with Crippen molar-refractivity contribution in [3.05, 3.63) is 88.0 Å². The highest BCUT2D eigenvalue weighted by atomic mass is 32.2. The highest BCUT2D eigenvalue weighted by molar-refractivity contribution is 7.90. The van der Waals surface area contributed by atoms with E-state index in [4.69, 9.17) is 5.73 Å². The van der Waals surface area contributed by atoms with E-state index in [1.807, 2.05) is 29.2 Å². The molecule has 1 aliphatic rings. The Bertz CT molecular complexity index is 1310. The van der Waals surface area contributed by atoms with Gasteiger partial charge in [-0.2, -0.15) is 8.42 Å². The first-order valence-electron chi connectivity index (χ1n) is 10.8. The van der Waals surface area contributed by atoms with Gasteiger partial charge >= 0.3 is 0 Å². The fraction of sp³-hybridized carbons (Fsp3) is 0.280. The van der Waals surface area contributed by atoms with E-state index in [0.29, 0.717) is 6.54 Å². The van der Waals surface area contributed by atoms with Crippen molar-refractivity contribution < 1.29 is 13.2 Å². The number of rotatable bonds is 5. The second-order valence-electron chi connectivity index (χ2n) is 8.63. The highest BCUT2D eigenvalue weighted by Crippen LogP contribution is 2.41. The standard InChI is InChI=1S/C25H28N4O3S/c1-15-12-16(2)23(17(3)13-15)18(4)29-14-19-8-5-6-9-20(19)24(29)25(30)28-33(31,32)22-11-7-10-21(26)27-22/h5-13,18,24H,14H2,1-4H3,(H2,26,27)(H,28,30). The van der Waals surface area contributed by atoms with Gasteiger partial charge < -0.3 is 5.73 Å². The monoisotopic (exact) mass is 464 g/mol. The number of nitrogens with two attached hydrogens (primary N) is 1. The van der Waals surface area contributed by atoms with Crippen molar-refractivity contribution in [2.75, 3.05) is 5.73 Å². The molecule has 1 aliphatic heterocycles.